The van der Waals surface area contributed by atoms with Gasteiger partial charge in [0, 0.05) is 16.3 Å². The molecule has 1 amide bonds. The second-order valence-corrected chi connectivity index (χ2v) is 9.59. The van der Waals surface area contributed by atoms with Crippen molar-refractivity contribution in [3.63, 3.8) is 0 Å². The summed E-state index contributed by atoms with van der Waals surface area (Å²) < 4.78 is 14.3. The summed E-state index contributed by atoms with van der Waals surface area (Å²) in [6.07, 6.45) is 1.16. The van der Waals surface area contributed by atoms with Crippen molar-refractivity contribution in [1.29, 1.82) is 0 Å². The number of rotatable bonds is 8. The fourth-order valence-electron chi connectivity index (χ4n) is 3.11. The highest BCUT2D eigenvalue weighted by atomic mass is 35.5. The quantitative estimate of drug-likeness (QED) is 0.202. The van der Waals surface area contributed by atoms with Gasteiger partial charge in [0.1, 0.15) is 5.82 Å². The Balaban J connectivity index is 1.46. The van der Waals surface area contributed by atoms with E-state index in [2.05, 4.69) is 4.98 Å². The number of halogens is 2. The third-order valence-corrected chi connectivity index (χ3v) is 7.06. The Morgan fingerprint density at radius 2 is 1.84 bits per heavy atom. The van der Waals surface area contributed by atoms with Gasteiger partial charge in [-0.15, -0.1) is 11.8 Å². The lowest BCUT2D eigenvalue weighted by Gasteiger charge is -2.20. The first-order valence-electron chi connectivity index (χ1n) is 9.87. The van der Waals surface area contributed by atoms with Crippen LogP contribution in [0.5, 0.6) is 0 Å². The summed E-state index contributed by atoms with van der Waals surface area (Å²) in [5.74, 6) is 0.542. The lowest BCUT2D eigenvalue weighted by atomic mass is 10.2. The molecule has 0 saturated carbocycles. The van der Waals surface area contributed by atoms with Gasteiger partial charge in [-0.05, 0) is 60.2 Å². The van der Waals surface area contributed by atoms with Gasteiger partial charge in [0.25, 0.3) is 0 Å². The van der Waals surface area contributed by atoms with E-state index in [4.69, 9.17) is 11.6 Å². The predicted molar refractivity (Wildman–Crippen MR) is 129 cm³/mol. The van der Waals surface area contributed by atoms with Crippen molar-refractivity contribution in [3.05, 3.63) is 89.2 Å². The minimum Gasteiger partial charge on any atom is -0.284 e. The summed E-state index contributed by atoms with van der Waals surface area (Å²) >= 11 is 8.97. The lowest BCUT2D eigenvalue weighted by Crippen LogP contribution is -2.30. The van der Waals surface area contributed by atoms with E-state index < -0.39 is 0 Å². The largest absolute Gasteiger partial charge is 0.284 e. The summed E-state index contributed by atoms with van der Waals surface area (Å²) in [6.45, 7) is 0.437. The average Bonchev–Trinajstić information content (AvgIpc) is 3.19. The predicted octanol–water partition coefficient (Wildman–Crippen LogP) is 7.19. The summed E-state index contributed by atoms with van der Waals surface area (Å²) in [5.41, 5.74) is 1.72. The molecule has 0 radical (unpaired) electrons. The molecule has 0 fully saturated rings. The van der Waals surface area contributed by atoms with Crippen LogP contribution in [-0.4, -0.2) is 16.6 Å². The first-order chi connectivity index (χ1) is 15.1. The van der Waals surface area contributed by atoms with Crippen LogP contribution < -0.4 is 4.90 Å². The topological polar surface area (TPSA) is 33.2 Å². The Labute approximate surface area is 193 Å². The molecule has 4 rings (SSSR count). The van der Waals surface area contributed by atoms with E-state index >= 15 is 0 Å². The van der Waals surface area contributed by atoms with Crippen LogP contribution in [0.2, 0.25) is 5.02 Å². The van der Waals surface area contributed by atoms with Crippen LogP contribution in [0.25, 0.3) is 10.2 Å². The zero-order valence-electron chi connectivity index (χ0n) is 16.6. The monoisotopic (exact) mass is 470 g/mol. The molecule has 0 bridgehead atoms. The van der Waals surface area contributed by atoms with Gasteiger partial charge in [-0.2, -0.15) is 0 Å². The zero-order valence-corrected chi connectivity index (χ0v) is 19.0. The van der Waals surface area contributed by atoms with E-state index in [1.807, 2.05) is 54.6 Å². The summed E-state index contributed by atoms with van der Waals surface area (Å²) in [4.78, 5) is 20.6. The Hall–Kier alpha value is -2.41. The molecule has 31 heavy (non-hydrogen) atoms. The van der Waals surface area contributed by atoms with Crippen LogP contribution in [0.4, 0.5) is 9.52 Å². The number of thiazole rings is 1. The van der Waals surface area contributed by atoms with Gasteiger partial charge in [0.2, 0.25) is 5.91 Å². The smallest absolute Gasteiger partial charge is 0.229 e. The molecule has 0 spiro atoms. The third kappa shape index (κ3) is 5.85. The summed E-state index contributed by atoms with van der Waals surface area (Å²) in [7, 11) is 0. The van der Waals surface area contributed by atoms with Crippen molar-refractivity contribution in [2.24, 2.45) is 0 Å². The lowest BCUT2D eigenvalue weighted by molar-refractivity contribution is -0.118. The van der Waals surface area contributed by atoms with Crippen molar-refractivity contribution >= 4 is 56.0 Å². The zero-order chi connectivity index (χ0) is 21.6. The van der Waals surface area contributed by atoms with Crippen molar-refractivity contribution in [2.45, 2.75) is 24.3 Å². The number of fused-ring (bicyclic) bond motifs is 1. The van der Waals surface area contributed by atoms with E-state index in [9.17, 15) is 9.18 Å². The molecule has 0 aliphatic rings. The molecule has 158 valence electrons. The third-order valence-electron chi connectivity index (χ3n) is 4.67. The van der Waals surface area contributed by atoms with Gasteiger partial charge in [-0.1, -0.05) is 53.3 Å². The molecule has 1 aromatic heterocycles. The van der Waals surface area contributed by atoms with Gasteiger partial charge in [0.05, 0.1) is 16.8 Å². The van der Waals surface area contributed by atoms with E-state index in [0.29, 0.717) is 28.6 Å². The number of carbonyl (C=O) groups excluding carboxylic acids is 1. The van der Waals surface area contributed by atoms with Crippen molar-refractivity contribution in [1.82, 2.24) is 4.98 Å². The van der Waals surface area contributed by atoms with Crippen LogP contribution in [0, 0.1) is 5.82 Å². The van der Waals surface area contributed by atoms with E-state index in [1.54, 1.807) is 22.7 Å². The van der Waals surface area contributed by atoms with Crippen LogP contribution in [0.1, 0.15) is 18.4 Å². The minimum atomic E-state index is -0.303. The highest BCUT2D eigenvalue weighted by molar-refractivity contribution is 7.99. The molecule has 1 heterocycles. The van der Waals surface area contributed by atoms with Gasteiger partial charge >= 0.3 is 0 Å². The first-order valence-corrected chi connectivity index (χ1v) is 12.1. The molecule has 7 heteroatoms. The number of nitrogens with zero attached hydrogens (tertiary/aromatic N) is 2. The maximum Gasteiger partial charge on any atom is 0.229 e. The second-order valence-electron chi connectivity index (χ2n) is 6.98. The highest BCUT2D eigenvalue weighted by Crippen LogP contribution is 2.31. The highest BCUT2D eigenvalue weighted by Gasteiger charge is 2.20. The van der Waals surface area contributed by atoms with Gasteiger partial charge in [-0.25, -0.2) is 9.37 Å². The Bertz CT molecular complexity index is 1170. The number of benzene rings is 3. The number of carbonyl (C=O) groups is 1. The Morgan fingerprint density at radius 3 is 2.61 bits per heavy atom. The number of hydrogen-bond acceptors (Lipinski definition) is 4. The minimum absolute atomic E-state index is 0.0140. The molecular weight excluding hydrogens is 451 g/mol. The van der Waals surface area contributed by atoms with Crippen LogP contribution in [-0.2, 0) is 11.3 Å². The number of thioether (sulfide) groups is 1. The summed E-state index contributed by atoms with van der Waals surface area (Å²) in [6, 6.07) is 22.0. The first kappa shape index (κ1) is 21.8. The molecule has 0 aliphatic carbocycles. The number of hydrogen-bond donors (Lipinski definition) is 0. The fourth-order valence-corrected chi connectivity index (χ4v) is 5.10. The van der Waals surface area contributed by atoms with Crippen LogP contribution in [0.3, 0.4) is 0 Å². The van der Waals surface area contributed by atoms with Gasteiger partial charge in [0.15, 0.2) is 5.13 Å². The summed E-state index contributed by atoms with van der Waals surface area (Å²) in [5, 5.41) is 1.31. The Morgan fingerprint density at radius 1 is 1.06 bits per heavy atom. The normalized spacial score (nSPS) is 11.0. The van der Waals surface area contributed by atoms with E-state index in [1.165, 1.54) is 23.5 Å². The maximum atomic E-state index is 13.6. The number of anilines is 1. The Kier molecular flexibility index (Phi) is 7.22. The van der Waals surface area contributed by atoms with Gasteiger partial charge < -0.3 is 0 Å². The van der Waals surface area contributed by atoms with E-state index in [-0.39, 0.29) is 11.7 Å². The van der Waals surface area contributed by atoms with Crippen LogP contribution >= 0.6 is 34.7 Å². The fraction of sp³-hybridized carbons (Fsp3) is 0.167. The van der Waals surface area contributed by atoms with Crippen molar-refractivity contribution < 1.29 is 9.18 Å². The number of amides is 1. The van der Waals surface area contributed by atoms with Crippen molar-refractivity contribution in [2.75, 3.05) is 10.7 Å². The molecule has 3 aromatic carbocycles. The van der Waals surface area contributed by atoms with E-state index in [0.717, 1.165) is 27.3 Å². The molecule has 0 unspecified atom stereocenters. The molecule has 3 nitrogen and oxygen atoms in total. The molecule has 4 aromatic rings. The molecule has 0 atom stereocenters. The van der Waals surface area contributed by atoms with Crippen LogP contribution in [0.15, 0.2) is 77.7 Å². The average molecular weight is 471 g/mol. The van der Waals surface area contributed by atoms with Crippen molar-refractivity contribution in [3.8, 4) is 0 Å². The molecule has 0 saturated heterocycles. The molecule has 0 N–H and O–H groups in total. The number of aromatic nitrogens is 1. The van der Waals surface area contributed by atoms with Gasteiger partial charge in [-0.3, -0.25) is 9.69 Å². The SMILES string of the molecule is O=C(CCCSc1ccc(Cl)cc1)N(Cc1ccccc1)c1nc2ccc(F)cc2s1. The maximum absolute atomic E-state index is 13.6. The second kappa shape index (κ2) is 10.3. The molecular formula is C24H20ClFN2OS2. The molecule has 0 aliphatic heterocycles. The standard InChI is InChI=1S/C24H20ClFN2OS2/c25-18-8-11-20(12-9-18)30-14-4-7-23(29)28(16-17-5-2-1-3-6-17)24-27-21-13-10-19(26)15-22(21)31-24/h1-3,5-6,8-13,15H,4,7,14,16H2.